The molecule has 0 saturated heterocycles. The highest BCUT2D eigenvalue weighted by Crippen LogP contribution is 2.19. The van der Waals surface area contributed by atoms with Crippen LogP contribution in [0.15, 0.2) is 12.3 Å². The van der Waals surface area contributed by atoms with E-state index in [0.717, 1.165) is 0 Å². The number of nitrogens with two attached hydrogens (primary N) is 1. The molecule has 0 bridgehead atoms. The maximum atomic E-state index is 11.7. The number of hydrogen-bond acceptors (Lipinski definition) is 3. The molecular formula is C9H14N4O. The smallest absolute Gasteiger partial charge is 0.213 e. The van der Waals surface area contributed by atoms with Gasteiger partial charge in [0.2, 0.25) is 5.96 Å². The summed E-state index contributed by atoms with van der Waals surface area (Å²) in [6.07, 6.45) is 1.50. The number of rotatable bonds is 1. The summed E-state index contributed by atoms with van der Waals surface area (Å²) in [7, 11) is 0. The first-order chi connectivity index (χ1) is 6.32. The van der Waals surface area contributed by atoms with E-state index < -0.39 is 5.41 Å². The van der Waals surface area contributed by atoms with Crippen molar-refractivity contribution < 1.29 is 4.79 Å². The van der Waals surface area contributed by atoms with Crippen LogP contribution in [0.3, 0.4) is 0 Å². The molecule has 5 nitrogen and oxygen atoms in total. The Balaban J connectivity index is 2.99. The van der Waals surface area contributed by atoms with Gasteiger partial charge in [-0.3, -0.25) is 10.2 Å². The fourth-order valence-electron chi connectivity index (χ4n) is 0.963. The van der Waals surface area contributed by atoms with Gasteiger partial charge in [0.05, 0.1) is 0 Å². The summed E-state index contributed by atoms with van der Waals surface area (Å²) < 4.78 is 1.17. The number of Topliss-reactive ketones (excluding diaryl/α,β-unsaturated/α-hetero) is 1. The molecule has 1 heterocycles. The average Bonchev–Trinajstić information content (AvgIpc) is 2.48. The molecule has 0 amide bonds. The number of hydrogen-bond donors (Lipinski definition) is 2. The number of aromatic nitrogens is 2. The topological polar surface area (TPSA) is 84.8 Å². The highest BCUT2D eigenvalue weighted by atomic mass is 16.1. The predicted octanol–water partition coefficient (Wildman–Crippen LogP) is 0.853. The Kier molecular flexibility index (Phi) is 2.42. The summed E-state index contributed by atoms with van der Waals surface area (Å²) in [4.78, 5) is 11.7. The van der Waals surface area contributed by atoms with Crippen LogP contribution in [-0.4, -0.2) is 21.5 Å². The summed E-state index contributed by atoms with van der Waals surface area (Å²) in [6.45, 7) is 5.46. The summed E-state index contributed by atoms with van der Waals surface area (Å²) >= 11 is 0. The van der Waals surface area contributed by atoms with Crippen molar-refractivity contribution >= 4 is 11.7 Å². The van der Waals surface area contributed by atoms with Gasteiger partial charge in [-0.2, -0.15) is 5.10 Å². The molecule has 0 saturated carbocycles. The number of ketones is 1. The molecule has 5 heteroatoms. The molecule has 1 aromatic rings. The van der Waals surface area contributed by atoms with E-state index in [2.05, 4.69) is 5.10 Å². The zero-order valence-electron chi connectivity index (χ0n) is 8.53. The summed E-state index contributed by atoms with van der Waals surface area (Å²) in [6, 6.07) is 1.56. The van der Waals surface area contributed by atoms with Gasteiger partial charge in [0.15, 0.2) is 5.78 Å². The van der Waals surface area contributed by atoms with Crippen LogP contribution in [-0.2, 0) is 0 Å². The standard InChI is InChI=1S/C9H14N4O/c1-9(2,3)7(14)6-4-5-13(12-6)8(10)11/h4-5H,1-3H3,(H3,10,11). The van der Waals surface area contributed by atoms with Gasteiger partial charge >= 0.3 is 0 Å². The first-order valence-electron chi connectivity index (χ1n) is 4.27. The summed E-state index contributed by atoms with van der Waals surface area (Å²) in [5.41, 5.74) is 5.09. The van der Waals surface area contributed by atoms with E-state index in [4.69, 9.17) is 11.1 Å². The Morgan fingerprint density at radius 1 is 1.57 bits per heavy atom. The van der Waals surface area contributed by atoms with Crippen LogP contribution in [0, 0.1) is 10.8 Å². The van der Waals surface area contributed by atoms with Gasteiger partial charge in [-0.15, -0.1) is 0 Å². The highest BCUT2D eigenvalue weighted by molar-refractivity contribution is 5.98. The number of nitrogens with one attached hydrogen (secondary N) is 1. The maximum Gasteiger partial charge on any atom is 0.213 e. The van der Waals surface area contributed by atoms with E-state index >= 15 is 0 Å². The zero-order valence-corrected chi connectivity index (χ0v) is 8.53. The third-order valence-corrected chi connectivity index (χ3v) is 1.75. The first kappa shape index (κ1) is 10.4. The van der Waals surface area contributed by atoms with Gasteiger partial charge in [-0.1, -0.05) is 20.8 Å². The van der Waals surface area contributed by atoms with Crippen molar-refractivity contribution in [3.05, 3.63) is 18.0 Å². The van der Waals surface area contributed by atoms with E-state index in [9.17, 15) is 4.79 Å². The van der Waals surface area contributed by atoms with E-state index in [1.807, 2.05) is 20.8 Å². The number of nitrogens with zero attached hydrogens (tertiary/aromatic N) is 2. The van der Waals surface area contributed by atoms with Gasteiger partial charge in [0.25, 0.3) is 0 Å². The SMILES string of the molecule is CC(C)(C)C(=O)c1ccn(C(=N)N)n1. The summed E-state index contributed by atoms with van der Waals surface area (Å²) in [5, 5.41) is 11.0. The lowest BCUT2D eigenvalue weighted by atomic mass is 9.89. The monoisotopic (exact) mass is 194 g/mol. The van der Waals surface area contributed by atoms with Crippen molar-refractivity contribution in [2.75, 3.05) is 0 Å². The molecule has 0 aliphatic carbocycles. The zero-order chi connectivity index (χ0) is 10.9. The molecule has 1 aromatic heterocycles. The maximum absolute atomic E-state index is 11.7. The second-order valence-corrected chi connectivity index (χ2v) is 4.11. The lowest BCUT2D eigenvalue weighted by Gasteiger charge is -2.13. The van der Waals surface area contributed by atoms with Crippen LogP contribution < -0.4 is 5.73 Å². The molecule has 0 spiro atoms. The second-order valence-electron chi connectivity index (χ2n) is 4.11. The minimum Gasteiger partial charge on any atom is -0.368 e. The number of carbonyl (C=O) groups is 1. The van der Waals surface area contributed by atoms with Crippen molar-refractivity contribution in [2.45, 2.75) is 20.8 Å². The van der Waals surface area contributed by atoms with Gasteiger partial charge in [0, 0.05) is 11.6 Å². The molecule has 76 valence electrons. The normalized spacial score (nSPS) is 11.4. The van der Waals surface area contributed by atoms with Crippen molar-refractivity contribution in [2.24, 2.45) is 11.1 Å². The third kappa shape index (κ3) is 1.99. The van der Waals surface area contributed by atoms with Gasteiger partial charge in [0.1, 0.15) is 5.69 Å². The molecule has 0 aliphatic rings. The molecule has 0 fully saturated rings. The Bertz CT molecular complexity index is 372. The fraction of sp³-hybridized carbons (Fsp3) is 0.444. The van der Waals surface area contributed by atoms with Crippen LogP contribution in [0.25, 0.3) is 0 Å². The molecule has 0 atom stereocenters. The van der Waals surface area contributed by atoms with E-state index in [1.165, 1.54) is 10.9 Å². The van der Waals surface area contributed by atoms with Gasteiger partial charge < -0.3 is 5.73 Å². The van der Waals surface area contributed by atoms with Crippen molar-refractivity contribution in [3.8, 4) is 0 Å². The average molecular weight is 194 g/mol. The number of carbonyl (C=O) groups excluding carboxylic acids is 1. The molecule has 0 unspecified atom stereocenters. The van der Waals surface area contributed by atoms with E-state index in [-0.39, 0.29) is 11.7 Å². The quantitative estimate of drug-likeness (QED) is 0.395. The van der Waals surface area contributed by atoms with Crippen LogP contribution in [0.2, 0.25) is 0 Å². The van der Waals surface area contributed by atoms with Crippen LogP contribution in [0.4, 0.5) is 0 Å². The molecular weight excluding hydrogens is 180 g/mol. The largest absolute Gasteiger partial charge is 0.368 e. The lowest BCUT2D eigenvalue weighted by Crippen LogP contribution is -2.24. The Morgan fingerprint density at radius 3 is 2.50 bits per heavy atom. The number of nitrogen functional groups attached to an aromatic ring is 1. The van der Waals surface area contributed by atoms with Crippen LogP contribution in [0.1, 0.15) is 31.3 Å². The van der Waals surface area contributed by atoms with Crippen molar-refractivity contribution in [1.29, 1.82) is 5.41 Å². The second kappa shape index (κ2) is 3.25. The van der Waals surface area contributed by atoms with Crippen molar-refractivity contribution in [3.63, 3.8) is 0 Å². The summed E-state index contributed by atoms with van der Waals surface area (Å²) in [5.74, 6) is -0.254. The van der Waals surface area contributed by atoms with Gasteiger partial charge in [-0.25, -0.2) is 4.68 Å². The molecule has 1 rings (SSSR count). The molecule has 14 heavy (non-hydrogen) atoms. The lowest BCUT2D eigenvalue weighted by molar-refractivity contribution is 0.0852. The third-order valence-electron chi connectivity index (χ3n) is 1.75. The van der Waals surface area contributed by atoms with Gasteiger partial charge in [-0.05, 0) is 6.07 Å². The van der Waals surface area contributed by atoms with E-state index in [0.29, 0.717) is 5.69 Å². The molecule has 0 aliphatic heterocycles. The molecule has 3 N–H and O–H groups in total. The Hall–Kier alpha value is -1.65. The predicted molar refractivity (Wildman–Crippen MR) is 53.3 cm³/mol. The first-order valence-corrected chi connectivity index (χ1v) is 4.27. The Morgan fingerprint density at radius 2 is 2.14 bits per heavy atom. The minimum absolute atomic E-state index is 0.0579. The van der Waals surface area contributed by atoms with Crippen molar-refractivity contribution in [1.82, 2.24) is 9.78 Å². The van der Waals surface area contributed by atoms with Crippen LogP contribution >= 0.6 is 0 Å². The van der Waals surface area contributed by atoms with Crippen LogP contribution in [0.5, 0.6) is 0 Å². The Labute approximate surface area is 82.4 Å². The minimum atomic E-state index is -0.462. The molecule has 0 aromatic carbocycles. The molecule has 0 radical (unpaired) electrons. The van der Waals surface area contributed by atoms with E-state index in [1.54, 1.807) is 6.07 Å². The fourth-order valence-corrected chi connectivity index (χ4v) is 0.963. The highest BCUT2D eigenvalue weighted by Gasteiger charge is 2.24.